The van der Waals surface area contributed by atoms with Crippen LogP contribution in [0.25, 0.3) is 33.3 Å². The smallest absolute Gasteiger partial charge is 0.119 e. The Morgan fingerprint density at radius 3 is 1.91 bits per heavy atom. The summed E-state index contributed by atoms with van der Waals surface area (Å²) in [6.45, 7) is 3.01. The third-order valence-corrected chi connectivity index (χ3v) is 6.20. The van der Waals surface area contributed by atoms with Crippen molar-refractivity contribution in [3.8, 4) is 34.1 Å². The van der Waals surface area contributed by atoms with E-state index in [1.165, 1.54) is 43.8 Å². The Bertz CT molecular complexity index is 1190. The first kappa shape index (κ1) is 22.0. The predicted molar refractivity (Wildman–Crippen MR) is 132 cm³/mol. The van der Waals surface area contributed by atoms with Gasteiger partial charge in [0.05, 0.1) is 30.0 Å². The molecule has 5 heteroatoms. The number of hydrogen-bond donors (Lipinski definition) is 0. The molecule has 0 aliphatic heterocycles. The summed E-state index contributed by atoms with van der Waals surface area (Å²) in [5, 5.41) is 9.04. The van der Waals surface area contributed by atoms with Crippen molar-refractivity contribution in [3.63, 3.8) is 0 Å². The van der Waals surface area contributed by atoms with Gasteiger partial charge in [-0.1, -0.05) is 75.4 Å². The minimum atomic E-state index is 0.650. The maximum atomic E-state index is 9.04. The molecular formula is C27H27N3OS. The van der Waals surface area contributed by atoms with Crippen LogP contribution in [0.3, 0.4) is 0 Å². The summed E-state index contributed by atoms with van der Waals surface area (Å²) in [4.78, 5) is 0. The lowest BCUT2D eigenvalue weighted by Crippen LogP contribution is -1.97. The molecule has 0 radical (unpaired) electrons. The van der Waals surface area contributed by atoms with Crippen LogP contribution in [0.1, 0.15) is 51.0 Å². The van der Waals surface area contributed by atoms with Crippen molar-refractivity contribution >= 4 is 22.8 Å². The average molecular weight is 442 g/mol. The molecule has 3 aromatic carbocycles. The molecule has 0 saturated carbocycles. The third kappa shape index (κ3) is 5.15. The Balaban J connectivity index is 1.46. The highest BCUT2D eigenvalue weighted by molar-refractivity contribution is 7.00. The van der Waals surface area contributed by atoms with E-state index in [4.69, 9.17) is 10.00 Å². The van der Waals surface area contributed by atoms with Gasteiger partial charge < -0.3 is 4.74 Å². The highest BCUT2D eigenvalue weighted by Crippen LogP contribution is 2.35. The molecular weight excluding hydrogens is 414 g/mol. The molecule has 0 spiro atoms. The molecule has 0 N–H and O–H groups in total. The Morgan fingerprint density at radius 2 is 1.31 bits per heavy atom. The molecule has 0 amide bonds. The molecule has 0 aliphatic carbocycles. The first-order chi connectivity index (χ1) is 15.8. The maximum Gasteiger partial charge on any atom is 0.119 e. The lowest BCUT2D eigenvalue weighted by Gasteiger charge is -2.09. The Kier molecular flexibility index (Phi) is 7.47. The van der Waals surface area contributed by atoms with E-state index in [2.05, 4.69) is 46.0 Å². The van der Waals surface area contributed by atoms with Crippen LogP contribution in [0, 0.1) is 11.3 Å². The summed E-state index contributed by atoms with van der Waals surface area (Å²) in [5.41, 5.74) is 6.66. The average Bonchev–Trinajstić information content (AvgIpc) is 3.34. The Labute approximate surface area is 193 Å². The van der Waals surface area contributed by atoms with Gasteiger partial charge in [-0.05, 0) is 41.8 Å². The van der Waals surface area contributed by atoms with Crippen molar-refractivity contribution < 1.29 is 4.74 Å². The van der Waals surface area contributed by atoms with Crippen LogP contribution >= 0.6 is 11.7 Å². The molecule has 1 heterocycles. The van der Waals surface area contributed by atoms with Crippen molar-refractivity contribution in [1.29, 1.82) is 5.26 Å². The van der Waals surface area contributed by atoms with Gasteiger partial charge in [0, 0.05) is 11.1 Å². The quantitative estimate of drug-likeness (QED) is 0.237. The summed E-state index contributed by atoms with van der Waals surface area (Å²) in [7, 11) is 0. The van der Waals surface area contributed by atoms with Crippen molar-refractivity contribution in [2.45, 2.75) is 45.4 Å². The number of ether oxygens (including phenoxy) is 1. The van der Waals surface area contributed by atoms with Gasteiger partial charge in [-0.15, -0.1) is 0 Å². The second-order valence-corrected chi connectivity index (χ2v) is 8.48. The zero-order chi connectivity index (χ0) is 22.2. The molecule has 4 rings (SSSR count). The molecule has 32 heavy (non-hydrogen) atoms. The first-order valence-corrected chi connectivity index (χ1v) is 12.0. The summed E-state index contributed by atoms with van der Waals surface area (Å²) in [6, 6.07) is 22.2. The SMILES string of the molecule is CCCCCCCCOc1ccc(-c2ccc(-c3ccc(C#N)cc3)c3nsnc23)cc1. The fourth-order valence-corrected chi connectivity index (χ4v) is 4.43. The summed E-state index contributed by atoms with van der Waals surface area (Å²) >= 11 is 1.22. The molecule has 1 aromatic heterocycles. The van der Waals surface area contributed by atoms with Crippen LogP contribution < -0.4 is 4.74 Å². The Hall–Kier alpha value is -3.23. The monoisotopic (exact) mass is 441 g/mol. The van der Waals surface area contributed by atoms with Crippen LogP contribution in [-0.2, 0) is 0 Å². The summed E-state index contributed by atoms with van der Waals surface area (Å²) in [6.07, 6.45) is 7.58. The second-order valence-electron chi connectivity index (χ2n) is 7.95. The number of fused-ring (bicyclic) bond motifs is 1. The molecule has 162 valence electrons. The summed E-state index contributed by atoms with van der Waals surface area (Å²) < 4.78 is 15.1. The normalized spacial score (nSPS) is 10.9. The van der Waals surface area contributed by atoms with Gasteiger partial charge in [0.15, 0.2) is 0 Å². The van der Waals surface area contributed by atoms with E-state index in [0.717, 1.165) is 52.1 Å². The van der Waals surface area contributed by atoms with Crippen molar-refractivity contribution in [2.75, 3.05) is 6.61 Å². The number of rotatable bonds is 10. The van der Waals surface area contributed by atoms with E-state index in [1.54, 1.807) is 0 Å². The number of hydrogen-bond acceptors (Lipinski definition) is 5. The second kappa shape index (κ2) is 10.9. The number of aromatic nitrogens is 2. The van der Waals surface area contributed by atoms with Gasteiger partial charge >= 0.3 is 0 Å². The maximum absolute atomic E-state index is 9.04. The van der Waals surface area contributed by atoms with E-state index < -0.39 is 0 Å². The van der Waals surface area contributed by atoms with Crippen molar-refractivity contribution in [2.24, 2.45) is 0 Å². The van der Waals surface area contributed by atoms with E-state index in [-0.39, 0.29) is 0 Å². The van der Waals surface area contributed by atoms with Gasteiger partial charge in [0.1, 0.15) is 16.8 Å². The van der Waals surface area contributed by atoms with Gasteiger partial charge in [-0.2, -0.15) is 14.0 Å². The number of unbranched alkanes of at least 4 members (excludes halogenated alkanes) is 5. The van der Waals surface area contributed by atoms with E-state index in [9.17, 15) is 0 Å². The van der Waals surface area contributed by atoms with Crippen LogP contribution in [0.5, 0.6) is 5.75 Å². The molecule has 4 aromatic rings. The van der Waals surface area contributed by atoms with Gasteiger partial charge in [0.25, 0.3) is 0 Å². The standard InChI is InChI=1S/C27H27N3OS/c1-2-3-4-5-6-7-18-31-23-14-12-22(13-15-23)25-17-16-24(26-27(25)30-32-29-26)21-10-8-20(19-28)9-11-21/h8-17H,2-7,18H2,1H3. The lowest BCUT2D eigenvalue weighted by molar-refractivity contribution is 0.304. The molecule has 0 bridgehead atoms. The predicted octanol–water partition coefficient (Wildman–Crippen LogP) is 7.64. The fraction of sp³-hybridized carbons (Fsp3) is 0.296. The molecule has 0 atom stereocenters. The molecule has 0 fully saturated rings. The van der Waals surface area contributed by atoms with Crippen LogP contribution in [0.15, 0.2) is 60.7 Å². The topological polar surface area (TPSA) is 58.8 Å². The molecule has 0 aliphatic rings. The van der Waals surface area contributed by atoms with Gasteiger partial charge in [-0.3, -0.25) is 0 Å². The number of benzene rings is 3. The Morgan fingerprint density at radius 1 is 0.750 bits per heavy atom. The summed E-state index contributed by atoms with van der Waals surface area (Å²) in [5.74, 6) is 0.907. The number of nitrogens with zero attached hydrogens (tertiary/aromatic N) is 3. The lowest BCUT2D eigenvalue weighted by atomic mass is 9.97. The molecule has 0 unspecified atom stereocenters. The third-order valence-electron chi connectivity index (χ3n) is 5.67. The van der Waals surface area contributed by atoms with Crippen LogP contribution in [-0.4, -0.2) is 15.4 Å². The number of nitriles is 1. The minimum absolute atomic E-state index is 0.650. The highest BCUT2D eigenvalue weighted by Gasteiger charge is 2.13. The zero-order valence-electron chi connectivity index (χ0n) is 18.4. The highest BCUT2D eigenvalue weighted by atomic mass is 32.1. The van der Waals surface area contributed by atoms with E-state index >= 15 is 0 Å². The van der Waals surface area contributed by atoms with E-state index in [0.29, 0.717) is 5.56 Å². The van der Waals surface area contributed by atoms with E-state index in [1.807, 2.05) is 36.4 Å². The van der Waals surface area contributed by atoms with Gasteiger partial charge in [-0.25, -0.2) is 0 Å². The largest absolute Gasteiger partial charge is 0.494 e. The van der Waals surface area contributed by atoms with Crippen LogP contribution in [0.4, 0.5) is 0 Å². The van der Waals surface area contributed by atoms with Crippen LogP contribution in [0.2, 0.25) is 0 Å². The first-order valence-electron chi connectivity index (χ1n) is 11.3. The molecule has 0 saturated heterocycles. The minimum Gasteiger partial charge on any atom is -0.494 e. The fourth-order valence-electron chi connectivity index (χ4n) is 3.86. The molecule has 4 nitrogen and oxygen atoms in total. The zero-order valence-corrected chi connectivity index (χ0v) is 19.2. The van der Waals surface area contributed by atoms with Gasteiger partial charge in [0.2, 0.25) is 0 Å². The van der Waals surface area contributed by atoms with Crippen molar-refractivity contribution in [3.05, 3.63) is 66.2 Å². The van der Waals surface area contributed by atoms with Crippen molar-refractivity contribution in [1.82, 2.24) is 8.75 Å².